The number of benzene rings is 1. The number of nitrogens with one attached hydrogen (secondary N) is 1. The van der Waals surface area contributed by atoms with Crippen LogP contribution in [0.1, 0.15) is 17.5 Å². The van der Waals surface area contributed by atoms with Gasteiger partial charge in [0.1, 0.15) is 0 Å². The number of aryl methyl sites for hydroxylation is 2. The summed E-state index contributed by atoms with van der Waals surface area (Å²) in [7, 11) is -3.87. The fourth-order valence-electron chi connectivity index (χ4n) is 3.52. The quantitative estimate of drug-likeness (QED) is 0.626. The number of nitrogens with zero attached hydrogens (tertiary/aromatic N) is 3. The summed E-state index contributed by atoms with van der Waals surface area (Å²) in [6, 6.07) is 3.24. The standard InChI is InChI=1S/C16H24N4O4S/c1-12-9-15(20(21)22)16(10-13(12)2)25(23,24)19-7-5-18(6-8-19)14-3-4-17-11-14/h9-10,14,17H,3-8,11H2,1-2H3. The van der Waals surface area contributed by atoms with Gasteiger partial charge in [-0.25, -0.2) is 8.42 Å². The second-order valence-corrected chi connectivity index (χ2v) is 8.65. The van der Waals surface area contributed by atoms with Crippen LogP contribution < -0.4 is 5.32 Å². The molecule has 2 aliphatic rings. The van der Waals surface area contributed by atoms with E-state index in [0.717, 1.165) is 25.1 Å². The maximum atomic E-state index is 13.0. The van der Waals surface area contributed by atoms with Crippen molar-refractivity contribution in [3.63, 3.8) is 0 Å². The Labute approximate surface area is 148 Å². The minimum Gasteiger partial charge on any atom is -0.315 e. The Bertz CT molecular complexity index is 767. The summed E-state index contributed by atoms with van der Waals surface area (Å²) in [6.07, 6.45) is 1.08. The van der Waals surface area contributed by atoms with Crippen molar-refractivity contribution in [2.24, 2.45) is 0 Å². The van der Waals surface area contributed by atoms with Crippen LogP contribution in [0.4, 0.5) is 5.69 Å². The van der Waals surface area contributed by atoms with E-state index in [1.54, 1.807) is 13.8 Å². The van der Waals surface area contributed by atoms with Crippen molar-refractivity contribution in [1.29, 1.82) is 0 Å². The van der Waals surface area contributed by atoms with E-state index in [0.29, 0.717) is 37.8 Å². The van der Waals surface area contributed by atoms with E-state index in [-0.39, 0.29) is 10.6 Å². The molecular weight excluding hydrogens is 344 g/mol. The number of nitro benzene ring substituents is 1. The van der Waals surface area contributed by atoms with Crippen LogP contribution >= 0.6 is 0 Å². The lowest BCUT2D eigenvalue weighted by molar-refractivity contribution is -0.387. The molecule has 0 aliphatic carbocycles. The SMILES string of the molecule is Cc1cc([N+](=O)[O-])c(S(=O)(=O)N2CCN(C3CCNC3)CC2)cc1C. The van der Waals surface area contributed by atoms with Crippen molar-refractivity contribution >= 4 is 15.7 Å². The van der Waals surface area contributed by atoms with Crippen molar-refractivity contribution in [3.05, 3.63) is 33.4 Å². The normalized spacial score (nSPS) is 23.0. The highest BCUT2D eigenvalue weighted by Gasteiger charge is 2.35. The molecule has 2 saturated heterocycles. The zero-order valence-electron chi connectivity index (χ0n) is 14.6. The lowest BCUT2D eigenvalue weighted by atomic mass is 10.1. The Morgan fingerprint density at radius 3 is 2.36 bits per heavy atom. The number of sulfonamides is 1. The van der Waals surface area contributed by atoms with Gasteiger partial charge < -0.3 is 5.32 Å². The fourth-order valence-corrected chi connectivity index (χ4v) is 5.17. The van der Waals surface area contributed by atoms with Crippen molar-refractivity contribution in [1.82, 2.24) is 14.5 Å². The van der Waals surface area contributed by atoms with Crippen molar-refractivity contribution in [2.45, 2.75) is 31.2 Å². The molecule has 0 spiro atoms. The van der Waals surface area contributed by atoms with E-state index in [1.165, 1.54) is 16.4 Å². The highest BCUT2D eigenvalue weighted by molar-refractivity contribution is 7.89. The molecule has 1 aromatic carbocycles. The molecule has 2 fully saturated rings. The summed E-state index contributed by atoms with van der Waals surface area (Å²) in [6.45, 7) is 7.49. The van der Waals surface area contributed by atoms with Gasteiger partial charge in [-0.2, -0.15) is 4.31 Å². The summed E-state index contributed by atoms with van der Waals surface area (Å²) in [5.41, 5.74) is 1.11. The lowest BCUT2D eigenvalue weighted by Crippen LogP contribution is -2.52. The first-order valence-corrected chi connectivity index (χ1v) is 9.95. The van der Waals surface area contributed by atoms with Gasteiger partial charge in [0.2, 0.25) is 10.0 Å². The number of hydrogen-bond donors (Lipinski definition) is 1. The molecule has 138 valence electrons. The predicted molar refractivity (Wildman–Crippen MR) is 94.2 cm³/mol. The second kappa shape index (κ2) is 6.99. The van der Waals surface area contributed by atoms with Gasteiger partial charge in [-0.1, -0.05) is 0 Å². The average molecular weight is 368 g/mol. The van der Waals surface area contributed by atoms with E-state index < -0.39 is 14.9 Å². The Morgan fingerprint density at radius 2 is 1.80 bits per heavy atom. The molecule has 1 aromatic rings. The molecule has 1 N–H and O–H groups in total. The third-order valence-electron chi connectivity index (χ3n) is 5.21. The maximum absolute atomic E-state index is 13.0. The van der Waals surface area contributed by atoms with Crippen LogP contribution in [0.25, 0.3) is 0 Å². The van der Waals surface area contributed by atoms with Gasteiger partial charge in [0.15, 0.2) is 4.90 Å². The first kappa shape index (κ1) is 18.2. The molecule has 8 nitrogen and oxygen atoms in total. The third kappa shape index (κ3) is 3.55. The minimum absolute atomic E-state index is 0.198. The molecule has 1 unspecified atom stereocenters. The Morgan fingerprint density at radius 1 is 1.16 bits per heavy atom. The first-order valence-electron chi connectivity index (χ1n) is 8.51. The molecule has 0 bridgehead atoms. The van der Waals surface area contributed by atoms with Gasteiger partial charge >= 0.3 is 0 Å². The van der Waals surface area contributed by atoms with E-state index >= 15 is 0 Å². The Hall–Kier alpha value is -1.55. The second-order valence-electron chi connectivity index (χ2n) is 6.75. The highest BCUT2D eigenvalue weighted by Crippen LogP contribution is 2.30. The molecule has 25 heavy (non-hydrogen) atoms. The molecule has 1 atom stereocenters. The molecule has 2 heterocycles. The molecule has 9 heteroatoms. The summed E-state index contributed by atoms with van der Waals surface area (Å²) in [5.74, 6) is 0. The van der Waals surface area contributed by atoms with Crippen molar-refractivity contribution in [2.75, 3.05) is 39.3 Å². The summed E-state index contributed by atoms with van der Waals surface area (Å²) < 4.78 is 27.4. The van der Waals surface area contributed by atoms with E-state index in [4.69, 9.17) is 0 Å². The maximum Gasteiger partial charge on any atom is 0.289 e. The van der Waals surface area contributed by atoms with Gasteiger partial charge in [-0.05, 0) is 44.0 Å². The van der Waals surface area contributed by atoms with Crippen LogP contribution in [-0.2, 0) is 10.0 Å². The zero-order valence-corrected chi connectivity index (χ0v) is 15.4. The van der Waals surface area contributed by atoms with Gasteiger partial charge in [-0.15, -0.1) is 0 Å². The van der Waals surface area contributed by atoms with Gasteiger partial charge in [-0.3, -0.25) is 15.0 Å². The van der Waals surface area contributed by atoms with Crippen molar-refractivity contribution < 1.29 is 13.3 Å². The number of piperazine rings is 1. The Balaban J connectivity index is 1.83. The largest absolute Gasteiger partial charge is 0.315 e. The van der Waals surface area contributed by atoms with Crippen LogP contribution in [0.15, 0.2) is 17.0 Å². The van der Waals surface area contributed by atoms with Gasteiger partial charge in [0.05, 0.1) is 4.92 Å². The summed E-state index contributed by atoms with van der Waals surface area (Å²) >= 11 is 0. The van der Waals surface area contributed by atoms with Gasteiger partial charge in [0, 0.05) is 44.8 Å². The molecule has 0 aromatic heterocycles. The van der Waals surface area contributed by atoms with E-state index in [9.17, 15) is 18.5 Å². The monoisotopic (exact) mass is 368 g/mol. The fraction of sp³-hybridized carbons (Fsp3) is 0.625. The molecule has 0 radical (unpaired) electrons. The highest BCUT2D eigenvalue weighted by atomic mass is 32.2. The van der Waals surface area contributed by atoms with Crippen LogP contribution in [0.2, 0.25) is 0 Å². The molecule has 0 saturated carbocycles. The van der Waals surface area contributed by atoms with Crippen LogP contribution in [0.3, 0.4) is 0 Å². The lowest BCUT2D eigenvalue weighted by Gasteiger charge is -2.37. The predicted octanol–water partition coefficient (Wildman–Crippen LogP) is 0.880. The number of hydrogen-bond acceptors (Lipinski definition) is 6. The topological polar surface area (TPSA) is 95.8 Å². The van der Waals surface area contributed by atoms with E-state index in [2.05, 4.69) is 10.2 Å². The summed E-state index contributed by atoms with van der Waals surface area (Å²) in [5, 5.41) is 14.7. The first-order chi connectivity index (χ1) is 11.8. The van der Waals surface area contributed by atoms with Crippen molar-refractivity contribution in [3.8, 4) is 0 Å². The zero-order chi connectivity index (χ0) is 18.2. The molecule has 2 aliphatic heterocycles. The van der Waals surface area contributed by atoms with Crippen LogP contribution in [0, 0.1) is 24.0 Å². The molecule has 0 amide bonds. The van der Waals surface area contributed by atoms with Crippen LogP contribution in [0.5, 0.6) is 0 Å². The average Bonchev–Trinajstić information content (AvgIpc) is 3.11. The Kier molecular flexibility index (Phi) is 5.10. The van der Waals surface area contributed by atoms with Crippen LogP contribution in [-0.4, -0.2) is 67.9 Å². The van der Waals surface area contributed by atoms with E-state index in [1.807, 2.05) is 0 Å². The number of rotatable bonds is 4. The van der Waals surface area contributed by atoms with Gasteiger partial charge in [0.25, 0.3) is 5.69 Å². The number of nitro groups is 1. The third-order valence-corrected chi connectivity index (χ3v) is 7.14. The summed E-state index contributed by atoms with van der Waals surface area (Å²) in [4.78, 5) is 12.8. The molecular formula is C16H24N4O4S. The minimum atomic E-state index is -3.87. The smallest absolute Gasteiger partial charge is 0.289 e. The molecule has 3 rings (SSSR count).